The maximum atomic E-state index is 14.2. The molecule has 0 radical (unpaired) electrons. The van der Waals surface area contributed by atoms with Gasteiger partial charge in [0.2, 0.25) is 5.91 Å². The van der Waals surface area contributed by atoms with Crippen LogP contribution < -0.4 is 16.0 Å². The van der Waals surface area contributed by atoms with Crippen LogP contribution in [-0.2, 0) is 4.79 Å². The van der Waals surface area contributed by atoms with E-state index in [1.165, 1.54) is 6.07 Å². The molecule has 2 fully saturated rings. The molecular formula is C17H26Cl2FN3O. The van der Waals surface area contributed by atoms with Crippen LogP contribution in [0.1, 0.15) is 38.5 Å². The zero-order chi connectivity index (χ0) is 15.5. The first-order valence-corrected chi connectivity index (χ1v) is 8.25. The number of nitrogens with zero attached hydrogens (tertiary/aromatic N) is 1. The molecule has 24 heavy (non-hydrogen) atoms. The summed E-state index contributed by atoms with van der Waals surface area (Å²) in [5.41, 5.74) is 7.08. The first-order valence-electron chi connectivity index (χ1n) is 8.25. The first kappa shape index (κ1) is 21.0. The minimum atomic E-state index is -0.363. The van der Waals surface area contributed by atoms with Gasteiger partial charge >= 0.3 is 0 Å². The van der Waals surface area contributed by atoms with Crippen molar-refractivity contribution in [3.8, 4) is 0 Å². The molecule has 0 spiro atoms. The Bertz CT molecular complexity index is 553. The Hall–Kier alpha value is -1.04. The highest BCUT2D eigenvalue weighted by Gasteiger charge is 2.27. The Labute approximate surface area is 155 Å². The summed E-state index contributed by atoms with van der Waals surface area (Å²) in [6.07, 6.45) is 5.70. The van der Waals surface area contributed by atoms with Gasteiger partial charge in [-0.15, -0.1) is 24.8 Å². The van der Waals surface area contributed by atoms with Gasteiger partial charge in [0.15, 0.2) is 0 Å². The number of anilines is 2. The molecule has 136 valence electrons. The molecule has 2 aliphatic rings. The van der Waals surface area contributed by atoms with E-state index < -0.39 is 0 Å². The lowest BCUT2D eigenvalue weighted by atomic mass is 9.85. The number of rotatable bonds is 3. The number of para-hydroxylation sites is 1. The fraction of sp³-hybridized carbons (Fsp3) is 0.588. The summed E-state index contributed by atoms with van der Waals surface area (Å²) >= 11 is 0. The quantitative estimate of drug-likeness (QED) is 0.843. The zero-order valence-electron chi connectivity index (χ0n) is 13.7. The van der Waals surface area contributed by atoms with Crippen molar-refractivity contribution < 1.29 is 9.18 Å². The lowest BCUT2D eigenvalue weighted by Gasteiger charge is -2.27. The summed E-state index contributed by atoms with van der Waals surface area (Å²) in [5.74, 6) is -0.562. The van der Waals surface area contributed by atoms with E-state index in [1.54, 1.807) is 6.07 Å². The number of hydrogen-bond donors (Lipinski definition) is 2. The van der Waals surface area contributed by atoms with Crippen LogP contribution in [-0.4, -0.2) is 25.0 Å². The van der Waals surface area contributed by atoms with Crippen LogP contribution in [0.15, 0.2) is 18.2 Å². The molecule has 1 saturated carbocycles. The van der Waals surface area contributed by atoms with Gasteiger partial charge in [0.25, 0.3) is 0 Å². The SMILES string of the molecule is Cl.Cl.NC1CCCC(C(=O)Nc2c(F)cccc2N2CCCC2)C1. The van der Waals surface area contributed by atoms with Crippen molar-refractivity contribution in [2.45, 2.75) is 44.6 Å². The zero-order valence-corrected chi connectivity index (χ0v) is 15.3. The third-order valence-electron chi connectivity index (χ3n) is 4.77. The highest BCUT2D eigenvalue weighted by atomic mass is 35.5. The second-order valence-electron chi connectivity index (χ2n) is 6.44. The van der Waals surface area contributed by atoms with Crippen molar-refractivity contribution in [2.75, 3.05) is 23.3 Å². The van der Waals surface area contributed by atoms with Gasteiger partial charge in [-0.2, -0.15) is 0 Å². The summed E-state index contributed by atoms with van der Waals surface area (Å²) in [4.78, 5) is 14.6. The maximum Gasteiger partial charge on any atom is 0.227 e. The van der Waals surface area contributed by atoms with Crippen LogP contribution in [0.2, 0.25) is 0 Å². The van der Waals surface area contributed by atoms with Gasteiger partial charge in [0.1, 0.15) is 11.5 Å². The van der Waals surface area contributed by atoms with Crippen molar-refractivity contribution in [2.24, 2.45) is 11.7 Å². The summed E-state index contributed by atoms with van der Waals surface area (Å²) in [6.45, 7) is 1.83. The van der Waals surface area contributed by atoms with Crippen LogP contribution in [0.5, 0.6) is 0 Å². The van der Waals surface area contributed by atoms with Crippen LogP contribution in [0.25, 0.3) is 0 Å². The molecule has 1 aromatic rings. The van der Waals surface area contributed by atoms with Gasteiger partial charge in [-0.25, -0.2) is 4.39 Å². The topological polar surface area (TPSA) is 58.4 Å². The Morgan fingerprint density at radius 1 is 1.17 bits per heavy atom. The molecule has 0 aromatic heterocycles. The van der Waals surface area contributed by atoms with Gasteiger partial charge < -0.3 is 16.0 Å². The summed E-state index contributed by atoms with van der Waals surface area (Å²) in [7, 11) is 0. The summed E-state index contributed by atoms with van der Waals surface area (Å²) in [5, 5.41) is 2.83. The lowest BCUT2D eigenvalue weighted by molar-refractivity contribution is -0.120. The molecule has 3 N–H and O–H groups in total. The van der Waals surface area contributed by atoms with Crippen molar-refractivity contribution in [1.82, 2.24) is 0 Å². The average molecular weight is 378 g/mol. The minimum absolute atomic E-state index is 0. The predicted molar refractivity (Wildman–Crippen MR) is 101 cm³/mol. The molecule has 1 aromatic carbocycles. The monoisotopic (exact) mass is 377 g/mol. The molecule has 1 heterocycles. The second kappa shape index (κ2) is 9.44. The third-order valence-corrected chi connectivity index (χ3v) is 4.77. The molecule has 1 amide bonds. The van der Waals surface area contributed by atoms with Crippen LogP contribution in [0, 0.1) is 11.7 Å². The van der Waals surface area contributed by atoms with E-state index in [0.29, 0.717) is 12.1 Å². The molecule has 1 saturated heterocycles. The second-order valence-corrected chi connectivity index (χ2v) is 6.44. The van der Waals surface area contributed by atoms with E-state index in [2.05, 4.69) is 10.2 Å². The van der Waals surface area contributed by atoms with Gasteiger partial charge in [-0.1, -0.05) is 12.5 Å². The predicted octanol–water partition coefficient (Wildman–Crippen LogP) is 3.73. The maximum absolute atomic E-state index is 14.2. The van der Waals surface area contributed by atoms with E-state index >= 15 is 0 Å². The third kappa shape index (κ3) is 4.74. The minimum Gasteiger partial charge on any atom is -0.370 e. The molecule has 4 nitrogen and oxygen atoms in total. The van der Waals surface area contributed by atoms with Gasteiger partial charge in [-0.05, 0) is 44.2 Å². The average Bonchev–Trinajstić information content (AvgIpc) is 3.03. The largest absolute Gasteiger partial charge is 0.370 e. The Morgan fingerprint density at radius 3 is 2.54 bits per heavy atom. The van der Waals surface area contributed by atoms with Gasteiger partial charge in [0.05, 0.1) is 5.69 Å². The molecule has 2 atom stereocenters. The molecule has 1 aliphatic carbocycles. The van der Waals surface area contributed by atoms with E-state index in [9.17, 15) is 9.18 Å². The molecule has 1 aliphatic heterocycles. The first-order chi connectivity index (χ1) is 10.6. The van der Waals surface area contributed by atoms with Crippen molar-refractivity contribution in [3.05, 3.63) is 24.0 Å². The number of nitrogens with one attached hydrogen (secondary N) is 1. The number of carbonyl (C=O) groups is 1. The van der Waals surface area contributed by atoms with Crippen molar-refractivity contribution in [1.29, 1.82) is 0 Å². The number of halogens is 3. The Morgan fingerprint density at radius 2 is 1.88 bits per heavy atom. The lowest BCUT2D eigenvalue weighted by Crippen LogP contribution is -2.34. The number of nitrogens with two attached hydrogens (primary N) is 1. The number of benzene rings is 1. The number of hydrogen-bond acceptors (Lipinski definition) is 3. The Balaban J connectivity index is 0.00000144. The fourth-order valence-electron chi connectivity index (χ4n) is 3.55. The van der Waals surface area contributed by atoms with Crippen molar-refractivity contribution in [3.63, 3.8) is 0 Å². The number of carbonyl (C=O) groups excluding carboxylic acids is 1. The molecule has 7 heteroatoms. The molecule has 3 rings (SSSR count). The standard InChI is InChI=1S/C17H24FN3O.2ClH/c18-14-7-4-8-15(21-9-1-2-10-21)16(14)20-17(22)12-5-3-6-13(19)11-12;;/h4,7-8,12-13H,1-3,5-6,9-11,19H2,(H,20,22);2*1H. The summed E-state index contributed by atoms with van der Waals surface area (Å²) < 4.78 is 14.2. The fourth-order valence-corrected chi connectivity index (χ4v) is 3.55. The van der Waals surface area contributed by atoms with Crippen LogP contribution in [0.4, 0.5) is 15.8 Å². The number of amides is 1. The highest BCUT2D eigenvalue weighted by molar-refractivity contribution is 5.96. The van der Waals surface area contributed by atoms with E-state index in [4.69, 9.17) is 5.73 Å². The normalized spacial score (nSPS) is 23.2. The van der Waals surface area contributed by atoms with Crippen LogP contribution in [0.3, 0.4) is 0 Å². The molecule has 2 unspecified atom stereocenters. The van der Waals surface area contributed by atoms with Gasteiger partial charge in [0, 0.05) is 25.0 Å². The molecular weight excluding hydrogens is 352 g/mol. The highest BCUT2D eigenvalue weighted by Crippen LogP contribution is 2.32. The van der Waals surface area contributed by atoms with Crippen LogP contribution >= 0.6 is 24.8 Å². The van der Waals surface area contributed by atoms with Gasteiger partial charge in [-0.3, -0.25) is 4.79 Å². The van der Waals surface area contributed by atoms with E-state index in [0.717, 1.165) is 50.9 Å². The van der Waals surface area contributed by atoms with Crippen molar-refractivity contribution >= 4 is 42.1 Å². The van der Waals surface area contributed by atoms with E-state index in [1.807, 2.05) is 6.07 Å². The summed E-state index contributed by atoms with van der Waals surface area (Å²) in [6, 6.07) is 5.08. The smallest absolute Gasteiger partial charge is 0.227 e. The Kier molecular flexibility index (Phi) is 8.27. The van der Waals surface area contributed by atoms with E-state index in [-0.39, 0.29) is 48.5 Å². The molecule has 0 bridgehead atoms.